The van der Waals surface area contributed by atoms with E-state index in [1.165, 1.54) is 13.2 Å². The number of ether oxygens (including phenoxy) is 1. The normalized spacial score (nSPS) is 23.4. The van der Waals surface area contributed by atoms with E-state index in [9.17, 15) is 9.18 Å². The minimum Gasteiger partial charge on any atom is -0.494 e. The third-order valence-corrected chi connectivity index (χ3v) is 3.94. The molecule has 3 unspecified atom stereocenters. The second-order valence-corrected chi connectivity index (χ2v) is 5.33. The smallest absolute Gasteiger partial charge is 0.225 e. The lowest BCUT2D eigenvalue weighted by Crippen LogP contribution is -2.39. The topological polar surface area (TPSA) is 64.3 Å². The molecule has 1 fully saturated rings. The highest BCUT2D eigenvalue weighted by Crippen LogP contribution is 2.26. The molecule has 110 valence electrons. The zero-order valence-electron chi connectivity index (χ0n) is 11.9. The van der Waals surface area contributed by atoms with Crippen LogP contribution in [0, 0.1) is 11.7 Å². The quantitative estimate of drug-likeness (QED) is 0.888. The largest absolute Gasteiger partial charge is 0.494 e. The van der Waals surface area contributed by atoms with Crippen molar-refractivity contribution in [3.05, 3.63) is 29.6 Å². The Balaban J connectivity index is 2.02. The van der Waals surface area contributed by atoms with E-state index in [4.69, 9.17) is 10.5 Å². The number of rotatable bonds is 4. The SMILES string of the molecule is COc1ccc(C(C)NC(=O)C2CCCC2N)cc1F. The van der Waals surface area contributed by atoms with Gasteiger partial charge in [0, 0.05) is 6.04 Å². The van der Waals surface area contributed by atoms with E-state index in [0.29, 0.717) is 5.56 Å². The van der Waals surface area contributed by atoms with Crippen LogP contribution in [0.25, 0.3) is 0 Å². The fourth-order valence-electron chi connectivity index (χ4n) is 2.67. The highest BCUT2D eigenvalue weighted by atomic mass is 19.1. The number of nitrogens with two attached hydrogens (primary N) is 1. The van der Waals surface area contributed by atoms with E-state index >= 15 is 0 Å². The van der Waals surface area contributed by atoms with Crippen LogP contribution in [0.1, 0.15) is 37.8 Å². The molecular weight excluding hydrogens is 259 g/mol. The molecule has 1 saturated carbocycles. The molecule has 4 nitrogen and oxygen atoms in total. The Kier molecular flexibility index (Phi) is 4.60. The van der Waals surface area contributed by atoms with Gasteiger partial charge in [0.1, 0.15) is 0 Å². The van der Waals surface area contributed by atoms with Crippen LogP contribution in [0.5, 0.6) is 5.75 Å². The Hall–Kier alpha value is -1.62. The van der Waals surface area contributed by atoms with Crippen LogP contribution in [-0.4, -0.2) is 19.1 Å². The number of hydrogen-bond acceptors (Lipinski definition) is 3. The Morgan fingerprint density at radius 3 is 2.80 bits per heavy atom. The van der Waals surface area contributed by atoms with E-state index in [-0.39, 0.29) is 29.7 Å². The van der Waals surface area contributed by atoms with Crippen LogP contribution < -0.4 is 15.8 Å². The first-order valence-electron chi connectivity index (χ1n) is 6.92. The van der Waals surface area contributed by atoms with Gasteiger partial charge in [-0.3, -0.25) is 4.79 Å². The lowest BCUT2D eigenvalue weighted by Gasteiger charge is -2.20. The number of methoxy groups -OCH3 is 1. The molecule has 5 heteroatoms. The lowest BCUT2D eigenvalue weighted by atomic mass is 10.0. The Labute approximate surface area is 118 Å². The van der Waals surface area contributed by atoms with Gasteiger partial charge in [0.2, 0.25) is 5.91 Å². The van der Waals surface area contributed by atoms with E-state index in [1.54, 1.807) is 12.1 Å². The van der Waals surface area contributed by atoms with Gasteiger partial charge in [0.05, 0.1) is 19.1 Å². The summed E-state index contributed by atoms with van der Waals surface area (Å²) in [5.74, 6) is -0.395. The second kappa shape index (κ2) is 6.22. The zero-order valence-corrected chi connectivity index (χ0v) is 11.9. The van der Waals surface area contributed by atoms with Crippen molar-refractivity contribution >= 4 is 5.91 Å². The summed E-state index contributed by atoms with van der Waals surface area (Å²) in [5.41, 5.74) is 6.63. The van der Waals surface area contributed by atoms with E-state index < -0.39 is 5.82 Å². The van der Waals surface area contributed by atoms with Crippen molar-refractivity contribution in [3.63, 3.8) is 0 Å². The standard InChI is InChI=1S/C15H21FN2O2/c1-9(10-6-7-14(20-2)12(16)8-10)18-15(19)11-4-3-5-13(11)17/h6-9,11,13H,3-5,17H2,1-2H3,(H,18,19). The van der Waals surface area contributed by atoms with Crippen LogP contribution in [0.3, 0.4) is 0 Å². The van der Waals surface area contributed by atoms with Gasteiger partial charge < -0.3 is 15.8 Å². The molecule has 1 aromatic rings. The summed E-state index contributed by atoms with van der Waals surface area (Å²) < 4.78 is 18.5. The van der Waals surface area contributed by atoms with Crippen molar-refractivity contribution in [1.82, 2.24) is 5.32 Å². The summed E-state index contributed by atoms with van der Waals surface area (Å²) in [5, 5.41) is 2.91. The van der Waals surface area contributed by atoms with E-state index in [1.807, 2.05) is 6.92 Å². The van der Waals surface area contributed by atoms with Crippen LogP contribution in [-0.2, 0) is 4.79 Å². The van der Waals surface area contributed by atoms with Gasteiger partial charge in [-0.2, -0.15) is 0 Å². The predicted molar refractivity (Wildman–Crippen MR) is 74.8 cm³/mol. The van der Waals surface area contributed by atoms with Crippen molar-refractivity contribution in [1.29, 1.82) is 0 Å². The first-order chi connectivity index (χ1) is 9.52. The summed E-state index contributed by atoms with van der Waals surface area (Å²) in [6.45, 7) is 1.83. The van der Waals surface area contributed by atoms with Crippen molar-refractivity contribution < 1.29 is 13.9 Å². The molecule has 0 bridgehead atoms. The van der Waals surface area contributed by atoms with Gasteiger partial charge in [-0.1, -0.05) is 12.5 Å². The molecule has 1 aromatic carbocycles. The minimum absolute atomic E-state index is 0.0428. The number of amides is 1. The molecule has 20 heavy (non-hydrogen) atoms. The molecule has 0 radical (unpaired) electrons. The van der Waals surface area contributed by atoms with Gasteiger partial charge in [0.15, 0.2) is 11.6 Å². The lowest BCUT2D eigenvalue weighted by molar-refractivity contribution is -0.125. The number of halogens is 1. The van der Waals surface area contributed by atoms with Crippen LogP contribution in [0.2, 0.25) is 0 Å². The Morgan fingerprint density at radius 1 is 1.50 bits per heavy atom. The number of carbonyl (C=O) groups is 1. The molecule has 0 heterocycles. The van der Waals surface area contributed by atoms with E-state index in [0.717, 1.165) is 19.3 Å². The Morgan fingerprint density at radius 2 is 2.25 bits per heavy atom. The first-order valence-corrected chi connectivity index (χ1v) is 6.92. The molecule has 0 saturated heterocycles. The Bertz CT molecular complexity index is 493. The monoisotopic (exact) mass is 280 g/mol. The number of benzene rings is 1. The predicted octanol–water partition coefficient (Wildman–Crippen LogP) is 2.14. The molecule has 1 amide bonds. The highest BCUT2D eigenvalue weighted by molar-refractivity contribution is 5.80. The van der Waals surface area contributed by atoms with Crippen molar-refractivity contribution in [2.24, 2.45) is 11.7 Å². The van der Waals surface area contributed by atoms with Gasteiger partial charge in [-0.05, 0) is 37.5 Å². The van der Waals surface area contributed by atoms with Crippen molar-refractivity contribution in [3.8, 4) is 5.75 Å². The fraction of sp³-hybridized carbons (Fsp3) is 0.533. The molecule has 2 rings (SSSR count). The second-order valence-electron chi connectivity index (χ2n) is 5.33. The number of nitrogens with one attached hydrogen (secondary N) is 1. The maximum atomic E-state index is 13.7. The molecule has 1 aliphatic rings. The van der Waals surface area contributed by atoms with Crippen LogP contribution in [0.15, 0.2) is 18.2 Å². The molecule has 0 aromatic heterocycles. The molecule has 3 N–H and O–H groups in total. The maximum Gasteiger partial charge on any atom is 0.225 e. The maximum absolute atomic E-state index is 13.7. The van der Waals surface area contributed by atoms with Crippen LogP contribution >= 0.6 is 0 Å². The third-order valence-electron chi connectivity index (χ3n) is 3.94. The molecule has 0 spiro atoms. The average Bonchev–Trinajstić information content (AvgIpc) is 2.84. The highest BCUT2D eigenvalue weighted by Gasteiger charge is 2.30. The first kappa shape index (κ1) is 14.8. The summed E-state index contributed by atoms with van der Waals surface area (Å²) in [6, 6.07) is 4.39. The summed E-state index contributed by atoms with van der Waals surface area (Å²) in [7, 11) is 1.42. The van der Waals surface area contributed by atoms with Gasteiger partial charge >= 0.3 is 0 Å². The third kappa shape index (κ3) is 3.10. The summed E-state index contributed by atoms with van der Waals surface area (Å²) in [4.78, 5) is 12.1. The van der Waals surface area contributed by atoms with Crippen molar-refractivity contribution in [2.45, 2.75) is 38.3 Å². The number of hydrogen-bond donors (Lipinski definition) is 2. The molecule has 3 atom stereocenters. The molecule has 1 aliphatic carbocycles. The van der Waals surface area contributed by atoms with Crippen LogP contribution in [0.4, 0.5) is 4.39 Å². The molecule has 0 aliphatic heterocycles. The zero-order chi connectivity index (χ0) is 14.7. The van der Waals surface area contributed by atoms with Gasteiger partial charge in [-0.25, -0.2) is 4.39 Å². The van der Waals surface area contributed by atoms with Gasteiger partial charge in [0.25, 0.3) is 0 Å². The minimum atomic E-state index is -0.427. The van der Waals surface area contributed by atoms with Gasteiger partial charge in [-0.15, -0.1) is 0 Å². The summed E-state index contributed by atoms with van der Waals surface area (Å²) >= 11 is 0. The molecular formula is C15H21FN2O2. The van der Waals surface area contributed by atoms with E-state index in [2.05, 4.69) is 5.32 Å². The average molecular weight is 280 g/mol. The number of carbonyl (C=O) groups excluding carboxylic acids is 1. The summed E-state index contributed by atoms with van der Waals surface area (Å²) in [6.07, 6.45) is 2.71. The fourth-order valence-corrected chi connectivity index (χ4v) is 2.67. The van der Waals surface area contributed by atoms with Crippen molar-refractivity contribution in [2.75, 3.05) is 7.11 Å².